The van der Waals surface area contributed by atoms with E-state index in [0.717, 1.165) is 13.0 Å². The van der Waals surface area contributed by atoms with E-state index in [1.54, 1.807) is 0 Å². The minimum atomic E-state index is -0.752. The third-order valence-electron chi connectivity index (χ3n) is 2.97. The van der Waals surface area contributed by atoms with E-state index in [1.807, 2.05) is 20.8 Å². The van der Waals surface area contributed by atoms with Crippen LogP contribution in [0, 0.1) is 0 Å². The number of amides is 1. The van der Waals surface area contributed by atoms with Crippen molar-refractivity contribution in [1.82, 2.24) is 15.3 Å². The van der Waals surface area contributed by atoms with Gasteiger partial charge in [0.2, 0.25) is 5.91 Å². The Hall–Kier alpha value is -1.34. The Morgan fingerprint density at radius 1 is 1.65 bits per heavy atom. The van der Waals surface area contributed by atoms with Crippen LogP contribution in [0.3, 0.4) is 0 Å². The van der Waals surface area contributed by atoms with Gasteiger partial charge in [-0.3, -0.25) is 9.59 Å². The molecule has 0 radical (unpaired) electrons. The monoisotopic (exact) mass is 298 g/mol. The summed E-state index contributed by atoms with van der Waals surface area (Å²) in [5, 5.41) is 3.83. The van der Waals surface area contributed by atoms with Gasteiger partial charge in [0, 0.05) is 17.5 Å². The molecule has 0 aliphatic heterocycles. The van der Waals surface area contributed by atoms with Crippen LogP contribution in [0.25, 0.3) is 0 Å². The molecule has 1 amide bonds. The maximum atomic E-state index is 11.6. The van der Waals surface area contributed by atoms with Gasteiger partial charge in [-0.05, 0) is 26.3 Å². The second kappa shape index (κ2) is 7.44. The third kappa shape index (κ3) is 4.97. The van der Waals surface area contributed by atoms with Gasteiger partial charge in [-0.15, -0.1) is 0 Å². The maximum Gasteiger partial charge on any atom is 0.251 e. The van der Waals surface area contributed by atoms with E-state index < -0.39 is 5.54 Å². The molecule has 1 rings (SSSR count). The average Bonchev–Trinajstić information content (AvgIpc) is 2.36. The zero-order valence-electron chi connectivity index (χ0n) is 12.1. The molecule has 0 saturated heterocycles. The predicted molar refractivity (Wildman–Crippen MR) is 80.7 cm³/mol. The Morgan fingerprint density at radius 2 is 2.35 bits per heavy atom. The number of aromatic amines is 1. The molecule has 0 spiro atoms. The Labute approximate surface area is 122 Å². The highest BCUT2D eigenvalue weighted by Crippen LogP contribution is 2.25. The Morgan fingerprint density at radius 3 is 2.90 bits per heavy atom. The summed E-state index contributed by atoms with van der Waals surface area (Å²) < 4.78 is 0. The van der Waals surface area contributed by atoms with Crippen LogP contribution >= 0.6 is 11.8 Å². The van der Waals surface area contributed by atoms with Gasteiger partial charge in [0.25, 0.3) is 5.56 Å². The topological polar surface area (TPSA) is 101 Å². The molecule has 2 unspecified atom stereocenters. The highest BCUT2D eigenvalue weighted by Gasteiger charge is 2.32. The molecule has 2 atom stereocenters. The number of hydrogen-bond acceptors (Lipinski definition) is 5. The van der Waals surface area contributed by atoms with E-state index in [2.05, 4.69) is 15.3 Å². The van der Waals surface area contributed by atoms with Crippen molar-refractivity contribution in [2.45, 2.75) is 49.6 Å². The maximum absolute atomic E-state index is 11.6. The minimum absolute atomic E-state index is 0.0856. The van der Waals surface area contributed by atoms with Crippen LogP contribution in [0.5, 0.6) is 0 Å². The van der Waals surface area contributed by atoms with Crippen LogP contribution in [-0.4, -0.2) is 33.2 Å². The molecule has 0 aliphatic carbocycles. The smallest absolute Gasteiger partial charge is 0.251 e. The standard InChI is InChI=1S/C13H22N4O2S/c1-4-6-16-13(3,11(14)19)8-9(2)20-12-15-7-5-10(18)17-12/h5,7,9,16H,4,6,8H2,1-3H3,(H2,14,19)(H,15,17,18). The second-order valence-electron chi connectivity index (χ2n) is 4.99. The van der Waals surface area contributed by atoms with Gasteiger partial charge in [-0.2, -0.15) is 0 Å². The molecule has 20 heavy (non-hydrogen) atoms. The predicted octanol–water partition coefficient (Wildman–Crippen LogP) is 0.884. The first-order valence-electron chi connectivity index (χ1n) is 6.64. The number of thioether (sulfide) groups is 1. The number of carbonyl (C=O) groups is 1. The normalized spacial score (nSPS) is 15.6. The summed E-state index contributed by atoms with van der Waals surface area (Å²) in [4.78, 5) is 29.6. The van der Waals surface area contributed by atoms with E-state index in [4.69, 9.17) is 5.73 Å². The van der Waals surface area contributed by atoms with E-state index in [-0.39, 0.29) is 16.7 Å². The van der Waals surface area contributed by atoms with Crippen molar-refractivity contribution in [2.75, 3.05) is 6.54 Å². The van der Waals surface area contributed by atoms with Crippen molar-refractivity contribution in [3.05, 3.63) is 22.6 Å². The van der Waals surface area contributed by atoms with Crippen molar-refractivity contribution in [2.24, 2.45) is 5.73 Å². The molecule has 0 fully saturated rings. The third-order valence-corrected chi connectivity index (χ3v) is 3.97. The molecule has 0 aromatic carbocycles. The fraction of sp³-hybridized carbons (Fsp3) is 0.615. The minimum Gasteiger partial charge on any atom is -0.368 e. The molecule has 112 valence electrons. The summed E-state index contributed by atoms with van der Waals surface area (Å²) in [6.45, 7) is 6.55. The quantitative estimate of drug-likeness (QED) is 0.488. The number of carbonyl (C=O) groups excluding carboxylic acids is 1. The number of nitrogens with zero attached hydrogens (tertiary/aromatic N) is 1. The van der Waals surface area contributed by atoms with Crippen molar-refractivity contribution in [3.8, 4) is 0 Å². The molecular weight excluding hydrogens is 276 g/mol. The zero-order chi connectivity index (χ0) is 15.2. The van der Waals surface area contributed by atoms with Gasteiger partial charge >= 0.3 is 0 Å². The highest BCUT2D eigenvalue weighted by molar-refractivity contribution is 7.99. The Bertz CT molecular complexity index is 505. The van der Waals surface area contributed by atoms with E-state index in [9.17, 15) is 9.59 Å². The molecule has 0 aliphatic rings. The van der Waals surface area contributed by atoms with Crippen molar-refractivity contribution >= 4 is 17.7 Å². The van der Waals surface area contributed by atoms with Gasteiger partial charge in [-0.1, -0.05) is 25.6 Å². The summed E-state index contributed by atoms with van der Waals surface area (Å²) in [6.07, 6.45) is 2.96. The summed E-state index contributed by atoms with van der Waals surface area (Å²) in [5.41, 5.74) is 4.56. The van der Waals surface area contributed by atoms with E-state index >= 15 is 0 Å². The van der Waals surface area contributed by atoms with Gasteiger partial charge in [0.05, 0.1) is 5.54 Å². The Kier molecular flexibility index (Phi) is 6.22. The Balaban J connectivity index is 2.69. The van der Waals surface area contributed by atoms with Crippen LogP contribution in [0.1, 0.15) is 33.6 Å². The average molecular weight is 298 g/mol. The van der Waals surface area contributed by atoms with Crippen molar-refractivity contribution in [3.63, 3.8) is 0 Å². The van der Waals surface area contributed by atoms with Gasteiger partial charge in [-0.25, -0.2) is 4.98 Å². The number of primary amides is 1. The number of nitrogens with two attached hydrogens (primary N) is 1. The largest absolute Gasteiger partial charge is 0.368 e. The molecule has 7 heteroatoms. The SMILES string of the molecule is CCCNC(C)(CC(C)Sc1nccc(=O)[nH]1)C(N)=O. The number of rotatable bonds is 8. The van der Waals surface area contributed by atoms with Gasteiger partial charge in [0.1, 0.15) is 0 Å². The summed E-state index contributed by atoms with van der Waals surface area (Å²) in [6, 6.07) is 1.37. The lowest BCUT2D eigenvalue weighted by molar-refractivity contribution is -0.124. The number of nitrogens with one attached hydrogen (secondary N) is 2. The fourth-order valence-electron chi connectivity index (χ4n) is 1.88. The molecule has 0 saturated carbocycles. The highest BCUT2D eigenvalue weighted by atomic mass is 32.2. The first-order valence-corrected chi connectivity index (χ1v) is 7.52. The van der Waals surface area contributed by atoms with E-state index in [0.29, 0.717) is 11.6 Å². The molecule has 1 heterocycles. The fourth-order valence-corrected chi connectivity index (χ4v) is 2.96. The van der Waals surface area contributed by atoms with Gasteiger partial charge < -0.3 is 16.0 Å². The van der Waals surface area contributed by atoms with Crippen LogP contribution in [0.4, 0.5) is 0 Å². The molecule has 1 aromatic heterocycles. The molecular formula is C13H22N4O2S. The number of hydrogen-bond donors (Lipinski definition) is 3. The lowest BCUT2D eigenvalue weighted by Gasteiger charge is -2.29. The number of aromatic nitrogens is 2. The van der Waals surface area contributed by atoms with Crippen LogP contribution in [-0.2, 0) is 4.79 Å². The van der Waals surface area contributed by atoms with Gasteiger partial charge in [0.15, 0.2) is 5.16 Å². The summed E-state index contributed by atoms with van der Waals surface area (Å²) >= 11 is 1.42. The van der Waals surface area contributed by atoms with Crippen LogP contribution < -0.4 is 16.6 Å². The molecule has 4 N–H and O–H groups in total. The second-order valence-corrected chi connectivity index (χ2v) is 6.42. The molecule has 1 aromatic rings. The summed E-state index contributed by atoms with van der Waals surface area (Å²) in [5.74, 6) is -0.368. The lowest BCUT2D eigenvalue weighted by Crippen LogP contribution is -2.54. The van der Waals surface area contributed by atoms with E-state index in [1.165, 1.54) is 24.0 Å². The first-order chi connectivity index (χ1) is 9.37. The molecule has 0 bridgehead atoms. The van der Waals surface area contributed by atoms with Crippen LogP contribution in [0.2, 0.25) is 0 Å². The van der Waals surface area contributed by atoms with Crippen molar-refractivity contribution in [1.29, 1.82) is 0 Å². The van der Waals surface area contributed by atoms with Crippen LogP contribution in [0.15, 0.2) is 22.2 Å². The summed E-state index contributed by atoms with van der Waals surface area (Å²) in [7, 11) is 0. The number of H-pyrrole nitrogens is 1. The molecule has 6 nitrogen and oxygen atoms in total. The van der Waals surface area contributed by atoms with Crippen molar-refractivity contribution < 1.29 is 4.79 Å². The first kappa shape index (κ1) is 16.7. The lowest BCUT2D eigenvalue weighted by atomic mass is 9.95. The zero-order valence-corrected chi connectivity index (χ0v) is 12.9.